The molecule has 0 unspecified atom stereocenters. The maximum atomic E-state index is 15.2. The molecule has 13 heteroatoms. The molecule has 7 N–H and O–H groups in total. The number of nitrogens with zero attached hydrogens (tertiary/aromatic N) is 2. The molecule has 232 valence electrons. The lowest BCUT2D eigenvalue weighted by Gasteiger charge is -2.37. The summed E-state index contributed by atoms with van der Waals surface area (Å²) in [6.45, 7) is 1.85. The third-order valence-corrected chi connectivity index (χ3v) is 7.91. The van der Waals surface area contributed by atoms with E-state index in [1.54, 1.807) is 17.0 Å². The highest BCUT2D eigenvalue weighted by Crippen LogP contribution is 2.29. The number of ether oxygens (including phenoxy) is 1. The van der Waals surface area contributed by atoms with Crippen molar-refractivity contribution >= 4 is 29.5 Å². The number of amides is 5. The van der Waals surface area contributed by atoms with Gasteiger partial charge in [0.1, 0.15) is 18.7 Å². The van der Waals surface area contributed by atoms with Gasteiger partial charge in [0.15, 0.2) is 11.6 Å². The van der Waals surface area contributed by atoms with Gasteiger partial charge in [-0.3, -0.25) is 24.0 Å². The molecule has 5 amide bonds. The van der Waals surface area contributed by atoms with Gasteiger partial charge in [0.25, 0.3) is 0 Å². The van der Waals surface area contributed by atoms with Crippen LogP contribution in [0.15, 0.2) is 18.2 Å². The van der Waals surface area contributed by atoms with Gasteiger partial charge in [-0.2, -0.15) is 0 Å². The summed E-state index contributed by atoms with van der Waals surface area (Å²) in [4.78, 5) is 64.1. The van der Waals surface area contributed by atoms with E-state index in [0.29, 0.717) is 57.1 Å². The van der Waals surface area contributed by atoms with E-state index in [4.69, 9.17) is 21.9 Å². The van der Waals surface area contributed by atoms with Gasteiger partial charge < -0.3 is 37.1 Å². The smallest absolute Gasteiger partial charge is 0.243 e. The van der Waals surface area contributed by atoms with Gasteiger partial charge >= 0.3 is 0 Å². The summed E-state index contributed by atoms with van der Waals surface area (Å²) in [5.41, 5.74) is 17.1. The highest BCUT2D eigenvalue weighted by atomic mass is 19.1. The van der Waals surface area contributed by atoms with Gasteiger partial charge in [-0.1, -0.05) is 18.6 Å². The number of benzene rings is 1. The standard InChI is InChI=1S/C29H43FN6O6/c1-18(37)35-15-14-21-11-12-23(36(21)29(41)22(31)16-35)28(40)34-20(10-13-26(33)39)17-42-24-8-5-7-19(27(24)30)6-3-2-4-9-25(32)38/h5,7-8,20-23H,2-4,6,9-17,31H2,1H3,(H2,32,38)(H2,33,39)(H,34,40)/t20-,21+,22-,23-/m0/s1. The summed E-state index contributed by atoms with van der Waals surface area (Å²) in [5, 5.41) is 2.88. The molecule has 2 aliphatic rings. The number of unbranched alkanes of at least 4 members (excludes halogenated alkanes) is 2. The van der Waals surface area contributed by atoms with Crippen molar-refractivity contribution in [3.8, 4) is 5.75 Å². The molecule has 0 bridgehead atoms. The van der Waals surface area contributed by atoms with Crippen molar-refractivity contribution in [2.24, 2.45) is 17.2 Å². The first-order chi connectivity index (χ1) is 20.0. The Morgan fingerprint density at radius 3 is 2.50 bits per heavy atom. The summed E-state index contributed by atoms with van der Waals surface area (Å²) in [5.74, 6) is -2.36. The zero-order valence-corrected chi connectivity index (χ0v) is 24.2. The van der Waals surface area contributed by atoms with Gasteiger partial charge in [-0.05, 0) is 56.6 Å². The molecular formula is C29H43FN6O6. The monoisotopic (exact) mass is 590 g/mol. The van der Waals surface area contributed by atoms with Crippen LogP contribution < -0.4 is 27.3 Å². The van der Waals surface area contributed by atoms with E-state index in [0.717, 1.165) is 6.42 Å². The lowest BCUT2D eigenvalue weighted by Crippen LogP contribution is -2.59. The van der Waals surface area contributed by atoms with Crippen LogP contribution in [0.3, 0.4) is 0 Å². The van der Waals surface area contributed by atoms with Crippen molar-refractivity contribution in [3.63, 3.8) is 0 Å². The minimum atomic E-state index is -0.947. The third-order valence-electron chi connectivity index (χ3n) is 7.91. The number of hydrogen-bond donors (Lipinski definition) is 4. The van der Waals surface area contributed by atoms with E-state index < -0.39 is 35.8 Å². The fourth-order valence-electron chi connectivity index (χ4n) is 5.60. The molecular weight excluding hydrogens is 547 g/mol. The minimum Gasteiger partial charge on any atom is -0.488 e. The van der Waals surface area contributed by atoms with Gasteiger partial charge in [-0.25, -0.2) is 4.39 Å². The number of aryl methyl sites for hydroxylation is 1. The second-order valence-electron chi connectivity index (χ2n) is 11.1. The maximum Gasteiger partial charge on any atom is 0.243 e. The first-order valence-electron chi connectivity index (χ1n) is 14.6. The molecule has 0 radical (unpaired) electrons. The Hall–Kier alpha value is -3.74. The molecule has 42 heavy (non-hydrogen) atoms. The normalized spacial score (nSPS) is 21.2. The van der Waals surface area contributed by atoms with Gasteiger partial charge in [0, 0.05) is 38.9 Å². The fraction of sp³-hybridized carbons (Fsp3) is 0.621. The summed E-state index contributed by atoms with van der Waals surface area (Å²) in [6.07, 6.45) is 4.50. The number of primary amides is 2. The second kappa shape index (κ2) is 15.5. The molecule has 0 spiro atoms. The van der Waals surface area contributed by atoms with Crippen LogP contribution in [0.25, 0.3) is 0 Å². The molecule has 0 saturated carbocycles. The lowest BCUT2D eigenvalue weighted by atomic mass is 10.0. The number of carbonyl (C=O) groups is 5. The first kappa shape index (κ1) is 32.8. The predicted molar refractivity (Wildman–Crippen MR) is 152 cm³/mol. The van der Waals surface area contributed by atoms with E-state index in [9.17, 15) is 24.0 Å². The second-order valence-corrected chi connectivity index (χ2v) is 11.1. The highest BCUT2D eigenvalue weighted by Gasteiger charge is 2.44. The minimum absolute atomic E-state index is 0.0174. The first-order valence-corrected chi connectivity index (χ1v) is 14.6. The zero-order valence-electron chi connectivity index (χ0n) is 24.2. The van der Waals surface area contributed by atoms with Gasteiger partial charge in [0.2, 0.25) is 29.5 Å². The van der Waals surface area contributed by atoms with E-state index >= 15 is 4.39 Å². The summed E-state index contributed by atoms with van der Waals surface area (Å²) >= 11 is 0. The summed E-state index contributed by atoms with van der Waals surface area (Å²) in [7, 11) is 0. The molecule has 12 nitrogen and oxygen atoms in total. The third kappa shape index (κ3) is 9.13. The highest BCUT2D eigenvalue weighted by molar-refractivity contribution is 5.91. The Morgan fingerprint density at radius 2 is 1.81 bits per heavy atom. The van der Waals surface area contributed by atoms with E-state index in [2.05, 4.69) is 5.32 Å². The topological polar surface area (TPSA) is 191 Å². The van der Waals surface area contributed by atoms with Crippen molar-refractivity contribution in [1.29, 1.82) is 0 Å². The number of halogens is 1. The number of hydrogen-bond acceptors (Lipinski definition) is 7. The molecule has 1 aromatic rings. The average Bonchev–Trinajstić information content (AvgIpc) is 3.35. The van der Waals surface area contributed by atoms with Crippen molar-refractivity contribution in [2.75, 3.05) is 19.7 Å². The summed E-state index contributed by atoms with van der Waals surface area (Å²) in [6, 6.07) is 2.23. The van der Waals surface area contributed by atoms with Crippen LogP contribution in [-0.4, -0.2) is 83.2 Å². The van der Waals surface area contributed by atoms with Crippen LogP contribution >= 0.6 is 0 Å². The molecule has 3 rings (SSSR count). The molecule has 0 aromatic heterocycles. The number of carbonyl (C=O) groups excluding carboxylic acids is 5. The largest absolute Gasteiger partial charge is 0.488 e. The van der Waals surface area contributed by atoms with Crippen molar-refractivity contribution in [2.45, 2.75) is 95.3 Å². The van der Waals surface area contributed by atoms with Crippen molar-refractivity contribution in [1.82, 2.24) is 15.1 Å². The van der Waals surface area contributed by atoms with Crippen LogP contribution in [0.4, 0.5) is 4.39 Å². The number of nitrogens with two attached hydrogens (primary N) is 3. The maximum absolute atomic E-state index is 15.2. The van der Waals surface area contributed by atoms with Crippen molar-refractivity contribution < 1.29 is 33.1 Å². The van der Waals surface area contributed by atoms with Gasteiger partial charge in [-0.15, -0.1) is 0 Å². The Morgan fingerprint density at radius 1 is 1.07 bits per heavy atom. The zero-order chi connectivity index (χ0) is 30.8. The fourth-order valence-corrected chi connectivity index (χ4v) is 5.60. The van der Waals surface area contributed by atoms with Crippen LogP contribution in [0.2, 0.25) is 0 Å². The van der Waals surface area contributed by atoms with Crippen LogP contribution in [0, 0.1) is 5.82 Å². The quantitative estimate of drug-likeness (QED) is 0.226. The summed E-state index contributed by atoms with van der Waals surface area (Å²) < 4.78 is 20.9. The van der Waals surface area contributed by atoms with E-state index in [1.165, 1.54) is 17.9 Å². The SMILES string of the molecule is CC(=O)N1CC[C@H]2CC[C@@H](C(=O)N[C@@H](CCC(N)=O)COc3cccc(CCCCCC(N)=O)c3F)N2C(=O)[C@@H](N)C1. The Bertz CT molecular complexity index is 1150. The Kier molecular flexibility index (Phi) is 12.1. The van der Waals surface area contributed by atoms with Crippen LogP contribution in [0.5, 0.6) is 5.75 Å². The van der Waals surface area contributed by atoms with E-state index in [1.807, 2.05) is 0 Å². The molecule has 1 aromatic carbocycles. The molecule has 2 saturated heterocycles. The molecule has 2 aliphatic heterocycles. The number of nitrogens with one attached hydrogen (secondary N) is 1. The van der Waals surface area contributed by atoms with E-state index in [-0.39, 0.29) is 55.5 Å². The lowest BCUT2D eigenvalue weighted by molar-refractivity contribution is -0.144. The predicted octanol–water partition coefficient (Wildman–Crippen LogP) is 0.482. The number of fused-ring (bicyclic) bond motifs is 1. The number of rotatable bonds is 14. The molecule has 4 atom stereocenters. The van der Waals surface area contributed by atoms with Crippen LogP contribution in [0.1, 0.15) is 70.3 Å². The Labute approximate surface area is 245 Å². The molecule has 2 fully saturated rings. The molecule has 0 aliphatic carbocycles. The Balaban J connectivity index is 1.64. The van der Waals surface area contributed by atoms with Crippen LogP contribution in [-0.2, 0) is 30.4 Å². The van der Waals surface area contributed by atoms with Crippen molar-refractivity contribution in [3.05, 3.63) is 29.6 Å². The van der Waals surface area contributed by atoms with Gasteiger partial charge in [0.05, 0.1) is 6.04 Å². The molecule has 2 heterocycles. The average molecular weight is 591 g/mol.